The van der Waals surface area contributed by atoms with Crippen molar-refractivity contribution in [3.8, 4) is 0 Å². The van der Waals surface area contributed by atoms with E-state index in [1.165, 1.54) is 38.6 Å². The Morgan fingerprint density at radius 3 is 2.33 bits per heavy atom. The van der Waals surface area contributed by atoms with Gasteiger partial charge >= 0.3 is 0 Å². The summed E-state index contributed by atoms with van der Waals surface area (Å²) < 4.78 is 0. The summed E-state index contributed by atoms with van der Waals surface area (Å²) in [5, 5.41) is 3.92. The van der Waals surface area contributed by atoms with Crippen LogP contribution in [0.1, 0.15) is 77.6 Å². The first-order valence-corrected chi connectivity index (χ1v) is 9.69. The first kappa shape index (κ1) is 14.3. The predicted octanol–water partition coefficient (Wildman–Crippen LogP) is 5.07. The minimum absolute atomic E-state index is 0.712. The lowest BCUT2D eigenvalue weighted by atomic mass is 9.48. The van der Waals surface area contributed by atoms with Crippen LogP contribution in [-0.2, 0) is 0 Å². The number of hydrogen-bond acceptors (Lipinski definition) is 1. The van der Waals surface area contributed by atoms with Gasteiger partial charge in [-0.3, -0.25) is 0 Å². The van der Waals surface area contributed by atoms with E-state index in [0.717, 1.165) is 23.2 Å². The maximum Gasteiger partial charge on any atom is 0.0284 e. The molecule has 1 atom stereocenters. The van der Waals surface area contributed by atoms with Gasteiger partial charge in [-0.2, -0.15) is 0 Å². The van der Waals surface area contributed by atoms with Crippen LogP contribution < -0.4 is 5.32 Å². The molecule has 1 N–H and O–H groups in total. The van der Waals surface area contributed by atoms with E-state index in [-0.39, 0.29) is 0 Å². The molecule has 4 fully saturated rings. The fourth-order valence-corrected chi connectivity index (χ4v) is 6.64. The molecular formula is C20H33N. The van der Waals surface area contributed by atoms with Gasteiger partial charge in [0.2, 0.25) is 0 Å². The van der Waals surface area contributed by atoms with Gasteiger partial charge in [-0.1, -0.05) is 18.6 Å². The molecule has 1 nitrogen and oxygen atoms in total. The fraction of sp³-hybridized carbons (Fsp3) is 0.900. The van der Waals surface area contributed by atoms with E-state index < -0.39 is 0 Å². The molecule has 0 aromatic rings. The van der Waals surface area contributed by atoms with E-state index in [4.69, 9.17) is 0 Å². The SMILES string of the molecule is CCCNC(CC12CC3CC(CC(C3)C1)C2)C1=CCCC1. The van der Waals surface area contributed by atoms with Gasteiger partial charge in [0.1, 0.15) is 0 Å². The van der Waals surface area contributed by atoms with Crippen LogP contribution in [0.5, 0.6) is 0 Å². The maximum atomic E-state index is 3.92. The maximum absolute atomic E-state index is 3.92. The van der Waals surface area contributed by atoms with Crippen LogP contribution in [-0.4, -0.2) is 12.6 Å². The highest BCUT2D eigenvalue weighted by Crippen LogP contribution is 2.61. The molecule has 118 valence electrons. The van der Waals surface area contributed by atoms with E-state index in [1.807, 2.05) is 0 Å². The molecule has 0 spiro atoms. The van der Waals surface area contributed by atoms with Crippen molar-refractivity contribution in [3.63, 3.8) is 0 Å². The summed E-state index contributed by atoms with van der Waals surface area (Å²) in [5.41, 5.74) is 2.49. The molecule has 0 amide bonds. The van der Waals surface area contributed by atoms with Crippen molar-refractivity contribution >= 4 is 0 Å². The highest BCUT2D eigenvalue weighted by atomic mass is 14.9. The van der Waals surface area contributed by atoms with Crippen molar-refractivity contribution < 1.29 is 0 Å². The zero-order valence-corrected chi connectivity index (χ0v) is 13.9. The Morgan fingerprint density at radius 2 is 1.81 bits per heavy atom. The highest BCUT2D eigenvalue weighted by Gasteiger charge is 2.51. The van der Waals surface area contributed by atoms with Crippen molar-refractivity contribution in [2.45, 2.75) is 83.6 Å². The molecule has 4 bridgehead atoms. The molecule has 0 radical (unpaired) electrons. The number of allylic oxidation sites excluding steroid dienone is 1. The Labute approximate surface area is 131 Å². The van der Waals surface area contributed by atoms with Crippen molar-refractivity contribution in [1.82, 2.24) is 5.32 Å². The van der Waals surface area contributed by atoms with Crippen LogP contribution >= 0.6 is 0 Å². The zero-order chi connectivity index (χ0) is 14.3. The Morgan fingerprint density at radius 1 is 1.14 bits per heavy atom. The third-order valence-corrected chi connectivity index (χ3v) is 6.97. The highest BCUT2D eigenvalue weighted by molar-refractivity contribution is 5.17. The largest absolute Gasteiger partial charge is 0.310 e. The lowest BCUT2D eigenvalue weighted by Gasteiger charge is -2.58. The molecule has 5 rings (SSSR count). The molecular weight excluding hydrogens is 254 g/mol. The predicted molar refractivity (Wildman–Crippen MR) is 89.2 cm³/mol. The summed E-state index contributed by atoms with van der Waals surface area (Å²) >= 11 is 0. The Kier molecular flexibility index (Phi) is 3.90. The van der Waals surface area contributed by atoms with E-state index in [1.54, 1.807) is 44.1 Å². The van der Waals surface area contributed by atoms with Crippen molar-refractivity contribution in [3.05, 3.63) is 11.6 Å². The number of hydrogen-bond donors (Lipinski definition) is 1. The first-order chi connectivity index (χ1) is 10.3. The van der Waals surface area contributed by atoms with Crippen molar-refractivity contribution in [2.75, 3.05) is 6.54 Å². The third-order valence-electron chi connectivity index (χ3n) is 6.97. The van der Waals surface area contributed by atoms with Crippen LogP contribution in [0.25, 0.3) is 0 Å². The van der Waals surface area contributed by atoms with Crippen LogP contribution in [0.3, 0.4) is 0 Å². The van der Waals surface area contributed by atoms with Gasteiger partial charge in [0.15, 0.2) is 0 Å². The zero-order valence-electron chi connectivity index (χ0n) is 13.9. The standard InChI is InChI=1S/C20H33N/c1-2-7-21-19(18-5-3-4-6-18)14-20-11-15-8-16(12-20)10-17(9-15)13-20/h5,15-17,19,21H,2-4,6-14H2,1H3. The monoisotopic (exact) mass is 287 g/mol. The van der Waals surface area contributed by atoms with Gasteiger partial charge in [0.25, 0.3) is 0 Å². The lowest BCUT2D eigenvalue weighted by molar-refractivity contribution is -0.0604. The first-order valence-electron chi connectivity index (χ1n) is 9.69. The molecule has 0 saturated heterocycles. The van der Waals surface area contributed by atoms with E-state index >= 15 is 0 Å². The van der Waals surface area contributed by atoms with Crippen LogP contribution in [0.4, 0.5) is 0 Å². The molecule has 0 heterocycles. The van der Waals surface area contributed by atoms with E-state index in [0.29, 0.717) is 6.04 Å². The van der Waals surface area contributed by atoms with Gasteiger partial charge in [-0.25, -0.2) is 0 Å². The average molecular weight is 287 g/mol. The summed E-state index contributed by atoms with van der Waals surface area (Å²) in [7, 11) is 0. The van der Waals surface area contributed by atoms with E-state index in [2.05, 4.69) is 18.3 Å². The van der Waals surface area contributed by atoms with Gasteiger partial charge in [0.05, 0.1) is 0 Å². The third kappa shape index (κ3) is 2.83. The second-order valence-electron chi connectivity index (χ2n) is 8.80. The Balaban J connectivity index is 1.49. The summed E-state index contributed by atoms with van der Waals surface area (Å²) in [6, 6.07) is 0.712. The molecule has 5 aliphatic carbocycles. The Bertz CT molecular complexity index is 373. The quantitative estimate of drug-likeness (QED) is 0.672. The van der Waals surface area contributed by atoms with Crippen molar-refractivity contribution in [2.24, 2.45) is 23.2 Å². The Hall–Kier alpha value is -0.300. The van der Waals surface area contributed by atoms with Gasteiger partial charge in [-0.05, 0) is 100 Å². The molecule has 0 aromatic heterocycles. The molecule has 5 aliphatic rings. The topological polar surface area (TPSA) is 12.0 Å². The minimum atomic E-state index is 0.712. The second-order valence-corrected chi connectivity index (χ2v) is 8.80. The lowest BCUT2D eigenvalue weighted by Crippen LogP contribution is -2.49. The van der Waals surface area contributed by atoms with Crippen molar-refractivity contribution in [1.29, 1.82) is 0 Å². The van der Waals surface area contributed by atoms with Crippen LogP contribution in [0, 0.1) is 23.2 Å². The smallest absolute Gasteiger partial charge is 0.0284 e. The molecule has 1 heteroatoms. The number of rotatable bonds is 6. The molecule has 0 aliphatic heterocycles. The minimum Gasteiger partial charge on any atom is -0.310 e. The van der Waals surface area contributed by atoms with Gasteiger partial charge < -0.3 is 5.32 Å². The number of nitrogens with one attached hydrogen (secondary N) is 1. The molecule has 21 heavy (non-hydrogen) atoms. The van der Waals surface area contributed by atoms with E-state index in [9.17, 15) is 0 Å². The average Bonchev–Trinajstić information content (AvgIpc) is 2.96. The summed E-state index contributed by atoms with van der Waals surface area (Å²) in [4.78, 5) is 0. The van der Waals surface area contributed by atoms with Gasteiger partial charge in [0, 0.05) is 6.04 Å². The summed E-state index contributed by atoms with van der Waals surface area (Å²) in [5.74, 6) is 3.29. The van der Waals surface area contributed by atoms with Gasteiger partial charge in [-0.15, -0.1) is 0 Å². The molecule has 4 saturated carbocycles. The summed E-state index contributed by atoms with van der Waals surface area (Å²) in [6.07, 6.45) is 18.8. The molecule has 0 aromatic carbocycles. The van der Waals surface area contributed by atoms with Crippen LogP contribution in [0.2, 0.25) is 0 Å². The fourth-order valence-electron chi connectivity index (χ4n) is 6.64. The second kappa shape index (κ2) is 5.72. The summed E-state index contributed by atoms with van der Waals surface area (Å²) in [6.45, 7) is 3.51. The van der Waals surface area contributed by atoms with Crippen LogP contribution in [0.15, 0.2) is 11.6 Å². The molecule has 1 unspecified atom stereocenters. The normalized spacial score (nSPS) is 42.3.